The highest BCUT2D eigenvalue weighted by Crippen LogP contribution is 2.53. The Bertz CT molecular complexity index is 1770. The molecule has 38 heavy (non-hydrogen) atoms. The Hall–Kier alpha value is -4.85. The first-order valence-electron chi connectivity index (χ1n) is 12.3. The summed E-state index contributed by atoms with van der Waals surface area (Å²) in [5, 5.41) is 0.327. The largest absolute Gasteiger partial charge is 0.454 e. The van der Waals surface area contributed by atoms with Crippen molar-refractivity contribution in [1.82, 2.24) is 4.90 Å². The third-order valence-corrected chi connectivity index (χ3v) is 7.48. The topological polar surface area (TPSA) is 89.3 Å². The number of rotatable bonds is 4. The van der Waals surface area contributed by atoms with E-state index in [4.69, 9.17) is 13.9 Å². The van der Waals surface area contributed by atoms with E-state index in [0.29, 0.717) is 33.7 Å². The Morgan fingerprint density at radius 3 is 2.66 bits per heavy atom. The van der Waals surface area contributed by atoms with E-state index in [9.17, 15) is 14.4 Å². The number of ether oxygens (including phenoxy) is 2. The van der Waals surface area contributed by atoms with E-state index in [-0.39, 0.29) is 31.2 Å². The van der Waals surface area contributed by atoms with Gasteiger partial charge in [-0.2, -0.15) is 0 Å². The molecule has 188 valence electrons. The summed E-state index contributed by atoms with van der Waals surface area (Å²) in [4.78, 5) is 45.8. The maximum Gasteiger partial charge on any atom is 0.291 e. The van der Waals surface area contributed by atoms with Gasteiger partial charge in [0.2, 0.25) is 12.6 Å². The van der Waals surface area contributed by atoms with E-state index in [1.807, 2.05) is 31.2 Å². The van der Waals surface area contributed by atoms with Gasteiger partial charge in [-0.15, -0.1) is 6.58 Å². The highest BCUT2D eigenvalue weighted by atomic mass is 16.7. The number of hydrogen-bond acceptors (Lipinski definition) is 6. The van der Waals surface area contributed by atoms with Crippen molar-refractivity contribution in [3.63, 3.8) is 0 Å². The molecule has 3 aliphatic rings. The molecule has 0 bridgehead atoms. The maximum absolute atomic E-state index is 14.5. The van der Waals surface area contributed by atoms with Crippen LogP contribution in [0, 0.1) is 6.92 Å². The Morgan fingerprint density at radius 2 is 1.82 bits per heavy atom. The number of fused-ring (bicyclic) bond motifs is 6. The van der Waals surface area contributed by atoms with Crippen LogP contribution in [0.2, 0.25) is 0 Å². The van der Waals surface area contributed by atoms with Crippen molar-refractivity contribution in [2.45, 2.75) is 19.0 Å². The minimum Gasteiger partial charge on any atom is -0.454 e. The smallest absolute Gasteiger partial charge is 0.291 e. The molecule has 0 aliphatic carbocycles. The van der Waals surface area contributed by atoms with Gasteiger partial charge in [0.05, 0.1) is 16.6 Å². The lowest BCUT2D eigenvalue weighted by atomic mass is 9.83. The third kappa shape index (κ3) is 2.77. The SMILES string of the molecule is C=CCN1C(=O)C2(c3ccccc31)c1c(oc3ccc(C)cc3c1=O)C(=O)N2Cc1ccc2c(c1)OCO2. The summed E-state index contributed by atoms with van der Waals surface area (Å²) in [6.07, 6.45) is 1.62. The lowest BCUT2D eigenvalue weighted by Gasteiger charge is -2.34. The number of para-hydroxylation sites is 1. The van der Waals surface area contributed by atoms with Gasteiger partial charge in [0.1, 0.15) is 5.58 Å². The molecule has 4 heterocycles. The predicted molar refractivity (Wildman–Crippen MR) is 139 cm³/mol. The molecule has 0 radical (unpaired) electrons. The van der Waals surface area contributed by atoms with E-state index in [0.717, 1.165) is 11.1 Å². The highest BCUT2D eigenvalue weighted by Gasteiger charge is 2.64. The van der Waals surface area contributed by atoms with Crippen LogP contribution < -0.4 is 19.8 Å². The molecule has 1 spiro atoms. The number of amides is 2. The van der Waals surface area contributed by atoms with Crippen molar-refractivity contribution in [3.05, 3.63) is 112 Å². The van der Waals surface area contributed by atoms with Gasteiger partial charge in [0.15, 0.2) is 22.5 Å². The van der Waals surface area contributed by atoms with Crippen LogP contribution in [0.15, 0.2) is 82.5 Å². The molecule has 0 N–H and O–H groups in total. The molecule has 8 heteroatoms. The minimum atomic E-state index is -1.69. The first kappa shape index (κ1) is 22.4. The summed E-state index contributed by atoms with van der Waals surface area (Å²) in [5.41, 5.74) is 1.02. The summed E-state index contributed by atoms with van der Waals surface area (Å²) in [7, 11) is 0. The number of nitrogens with zero attached hydrogens (tertiary/aromatic N) is 2. The van der Waals surface area contributed by atoms with Crippen LogP contribution in [0.5, 0.6) is 11.5 Å². The molecule has 3 aromatic carbocycles. The fourth-order valence-corrected chi connectivity index (χ4v) is 5.86. The molecule has 0 saturated heterocycles. The number of hydrogen-bond donors (Lipinski definition) is 0. The van der Waals surface area contributed by atoms with Gasteiger partial charge >= 0.3 is 0 Å². The van der Waals surface area contributed by atoms with Gasteiger partial charge in [-0.25, -0.2) is 0 Å². The number of aryl methyl sites for hydroxylation is 1. The quantitative estimate of drug-likeness (QED) is 0.384. The highest BCUT2D eigenvalue weighted by molar-refractivity contribution is 6.17. The molecule has 1 aromatic heterocycles. The average Bonchev–Trinajstić information content (AvgIpc) is 3.55. The zero-order valence-electron chi connectivity index (χ0n) is 20.5. The third-order valence-electron chi connectivity index (χ3n) is 7.48. The van der Waals surface area contributed by atoms with Gasteiger partial charge in [0, 0.05) is 18.7 Å². The number of anilines is 1. The molecular formula is C30H22N2O6. The van der Waals surface area contributed by atoms with Crippen molar-refractivity contribution < 1.29 is 23.5 Å². The lowest BCUT2D eigenvalue weighted by Crippen LogP contribution is -2.53. The monoisotopic (exact) mass is 506 g/mol. The van der Waals surface area contributed by atoms with E-state index < -0.39 is 22.8 Å². The summed E-state index contributed by atoms with van der Waals surface area (Å²) in [6, 6.07) is 17.9. The molecule has 3 aliphatic heterocycles. The average molecular weight is 507 g/mol. The first-order valence-corrected chi connectivity index (χ1v) is 12.3. The number of benzene rings is 3. The van der Waals surface area contributed by atoms with Crippen molar-refractivity contribution in [2.75, 3.05) is 18.2 Å². The summed E-state index contributed by atoms with van der Waals surface area (Å²) in [6.45, 7) is 6.06. The Kier molecular flexibility index (Phi) is 4.60. The van der Waals surface area contributed by atoms with Crippen molar-refractivity contribution >= 4 is 28.5 Å². The molecule has 4 aromatic rings. The van der Waals surface area contributed by atoms with Crippen LogP contribution in [-0.4, -0.2) is 30.1 Å². The second-order valence-corrected chi connectivity index (χ2v) is 9.65. The van der Waals surface area contributed by atoms with Crippen LogP contribution in [0.25, 0.3) is 11.0 Å². The summed E-state index contributed by atoms with van der Waals surface area (Å²) < 4.78 is 17.1. The molecule has 1 unspecified atom stereocenters. The molecule has 0 saturated carbocycles. The van der Waals surface area contributed by atoms with Gasteiger partial charge in [-0.3, -0.25) is 14.4 Å². The number of carbonyl (C=O) groups excluding carboxylic acids is 2. The maximum atomic E-state index is 14.5. The minimum absolute atomic E-state index is 0.0382. The Labute approximate surface area is 217 Å². The van der Waals surface area contributed by atoms with Crippen molar-refractivity contribution in [3.8, 4) is 11.5 Å². The predicted octanol–water partition coefficient (Wildman–Crippen LogP) is 4.26. The zero-order chi connectivity index (χ0) is 26.2. The molecule has 1 atom stereocenters. The molecule has 2 amide bonds. The van der Waals surface area contributed by atoms with Crippen LogP contribution in [0.4, 0.5) is 5.69 Å². The second-order valence-electron chi connectivity index (χ2n) is 9.65. The van der Waals surface area contributed by atoms with Crippen LogP contribution >= 0.6 is 0 Å². The fourth-order valence-electron chi connectivity index (χ4n) is 5.86. The molecule has 7 rings (SSSR count). The fraction of sp³-hybridized carbons (Fsp3) is 0.167. The molecule has 8 nitrogen and oxygen atoms in total. The molecule has 0 fully saturated rings. The lowest BCUT2D eigenvalue weighted by molar-refractivity contribution is -0.126. The Morgan fingerprint density at radius 1 is 1.00 bits per heavy atom. The van der Waals surface area contributed by atoms with Crippen LogP contribution in [0.1, 0.15) is 32.8 Å². The Balaban J connectivity index is 1.53. The summed E-state index contributed by atoms with van der Waals surface area (Å²) >= 11 is 0. The van der Waals surface area contributed by atoms with E-state index in [2.05, 4.69) is 6.58 Å². The van der Waals surface area contributed by atoms with E-state index in [1.165, 1.54) is 4.90 Å². The van der Waals surface area contributed by atoms with Crippen LogP contribution in [-0.2, 0) is 16.9 Å². The molecular weight excluding hydrogens is 484 g/mol. The summed E-state index contributed by atoms with van der Waals surface area (Å²) in [5.74, 6) is 0.127. The normalized spacial score (nSPS) is 19.0. The van der Waals surface area contributed by atoms with Gasteiger partial charge in [0.25, 0.3) is 11.8 Å². The van der Waals surface area contributed by atoms with Gasteiger partial charge in [-0.05, 0) is 42.8 Å². The standard InChI is InChI=1S/C30H22N2O6/c1-3-12-31-21-7-5-4-6-20(21)30(29(31)35)25-26(33)19-13-17(2)8-10-22(19)38-27(25)28(34)32(30)15-18-9-11-23-24(14-18)37-16-36-23/h3-11,13-14H,1,12,15-16H2,2H3. The van der Waals surface area contributed by atoms with Gasteiger partial charge in [-0.1, -0.05) is 42.0 Å². The number of carbonyl (C=O) groups is 2. The van der Waals surface area contributed by atoms with Crippen molar-refractivity contribution in [2.24, 2.45) is 0 Å². The zero-order valence-corrected chi connectivity index (χ0v) is 20.5. The van der Waals surface area contributed by atoms with E-state index in [1.54, 1.807) is 47.4 Å². The van der Waals surface area contributed by atoms with Crippen LogP contribution in [0.3, 0.4) is 0 Å². The first-order chi connectivity index (χ1) is 18.4. The van der Waals surface area contributed by atoms with Gasteiger partial charge < -0.3 is 23.7 Å². The van der Waals surface area contributed by atoms with Crippen molar-refractivity contribution in [1.29, 1.82) is 0 Å². The van der Waals surface area contributed by atoms with E-state index >= 15 is 0 Å². The second kappa shape index (κ2) is 7.82.